The zero-order chi connectivity index (χ0) is 26.6. The molecule has 3 aromatic rings. The number of hydrogen-bond acceptors (Lipinski definition) is 6. The number of halogens is 5. The number of rotatable bonds is 5. The van der Waals surface area contributed by atoms with E-state index in [4.69, 9.17) is 11.6 Å². The third kappa shape index (κ3) is 4.76. The van der Waals surface area contributed by atoms with E-state index in [0.29, 0.717) is 12.8 Å². The first kappa shape index (κ1) is 25.4. The van der Waals surface area contributed by atoms with E-state index >= 15 is 0 Å². The van der Waals surface area contributed by atoms with Crippen molar-refractivity contribution in [2.45, 2.75) is 43.8 Å². The van der Waals surface area contributed by atoms with Crippen LogP contribution in [0.5, 0.6) is 0 Å². The molecule has 3 atom stereocenters. The number of anilines is 1. The van der Waals surface area contributed by atoms with Crippen molar-refractivity contribution in [3.8, 4) is 5.69 Å². The van der Waals surface area contributed by atoms with E-state index in [1.54, 1.807) is 0 Å². The average molecular weight is 541 g/mol. The number of nitrogens with one attached hydrogen (secondary N) is 1. The van der Waals surface area contributed by atoms with E-state index in [1.807, 2.05) is 5.32 Å². The molecule has 1 aromatic carbocycles. The quantitative estimate of drug-likeness (QED) is 0.429. The molecule has 5 rings (SSSR count). The zero-order valence-corrected chi connectivity index (χ0v) is 19.8. The molecule has 1 aliphatic carbocycles. The number of hydrogen-bond donors (Lipinski definition) is 3. The summed E-state index contributed by atoms with van der Waals surface area (Å²) in [5.74, 6) is -2.72. The maximum Gasteiger partial charge on any atom is 0.408 e. The Hall–Kier alpha value is -3.22. The number of amides is 1. The molecule has 0 spiro atoms. The number of aliphatic hydroxyl groups excluding tert-OH is 2. The van der Waals surface area contributed by atoms with Crippen LogP contribution in [0, 0.1) is 11.7 Å². The Morgan fingerprint density at radius 1 is 1.19 bits per heavy atom. The number of benzene rings is 1. The van der Waals surface area contributed by atoms with Crippen LogP contribution in [-0.2, 0) is 0 Å². The van der Waals surface area contributed by atoms with Crippen LogP contribution < -0.4 is 15.6 Å². The number of pyridine rings is 2. The number of carbonyl (C=O) groups is 1. The molecular formula is C24H21ClF4N4O4. The molecule has 1 saturated carbocycles. The van der Waals surface area contributed by atoms with Crippen molar-refractivity contribution >= 4 is 34.4 Å². The SMILES string of the molecule is O=C(N[C@@H](C1CC1)C(F)(F)F)c1cn(-c2c(F)cccc2Cl)c2nc(N3C[C@@H](O)CC3O)ccc2c1=O. The number of para-hydroxylation sites is 1. The Morgan fingerprint density at radius 2 is 1.92 bits per heavy atom. The molecule has 0 radical (unpaired) electrons. The lowest BCUT2D eigenvalue weighted by molar-refractivity contribution is -0.158. The molecule has 13 heteroatoms. The highest BCUT2D eigenvalue weighted by Gasteiger charge is 2.50. The minimum atomic E-state index is -4.71. The van der Waals surface area contributed by atoms with Gasteiger partial charge in [0, 0.05) is 19.2 Å². The summed E-state index contributed by atoms with van der Waals surface area (Å²) in [7, 11) is 0. The molecular weight excluding hydrogens is 520 g/mol. The predicted molar refractivity (Wildman–Crippen MR) is 126 cm³/mol. The van der Waals surface area contributed by atoms with Gasteiger partial charge in [-0.25, -0.2) is 9.37 Å². The van der Waals surface area contributed by atoms with Gasteiger partial charge in [-0.1, -0.05) is 17.7 Å². The van der Waals surface area contributed by atoms with E-state index in [-0.39, 0.29) is 40.5 Å². The highest BCUT2D eigenvalue weighted by Crippen LogP contribution is 2.40. The number of β-amino-alcohol motifs (C(OH)–C–C–N with tert-alkyl or cyclic N) is 1. The molecule has 196 valence electrons. The van der Waals surface area contributed by atoms with E-state index in [2.05, 4.69) is 4.98 Å². The molecule has 3 heterocycles. The van der Waals surface area contributed by atoms with Crippen LogP contribution >= 0.6 is 11.6 Å². The highest BCUT2D eigenvalue weighted by molar-refractivity contribution is 6.32. The summed E-state index contributed by atoms with van der Waals surface area (Å²) in [4.78, 5) is 32.0. The molecule has 1 aliphatic heterocycles. The summed E-state index contributed by atoms with van der Waals surface area (Å²) in [6.45, 7) is 0.0465. The second-order valence-corrected chi connectivity index (χ2v) is 9.61. The topological polar surface area (TPSA) is 108 Å². The first-order valence-electron chi connectivity index (χ1n) is 11.5. The number of aliphatic hydroxyl groups is 2. The van der Waals surface area contributed by atoms with Crippen LogP contribution in [0.15, 0.2) is 41.3 Å². The minimum absolute atomic E-state index is 0.0465. The fourth-order valence-corrected chi connectivity index (χ4v) is 4.81. The van der Waals surface area contributed by atoms with Crippen molar-refractivity contribution in [2.24, 2.45) is 5.92 Å². The van der Waals surface area contributed by atoms with E-state index in [9.17, 15) is 37.4 Å². The summed E-state index contributed by atoms with van der Waals surface area (Å²) in [6, 6.07) is 4.31. The highest BCUT2D eigenvalue weighted by atomic mass is 35.5. The van der Waals surface area contributed by atoms with Crippen molar-refractivity contribution in [2.75, 3.05) is 11.4 Å². The lowest BCUT2D eigenvalue weighted by Crippen LogP contribution is -2.48. The standard InChI is InChI=1S/C24H21ClF4N4O4/c25-15-2-1-3-16(26)19(15)33-10-14(23(37)31-21(11-4-5-11)24(27,28)29)20(36)13-6-7-17(30-22(13)33)32-9-12(34)8-18(32)35/h1-3,6-7,10-12,18,21,34-35H,4-5,8-9H2,(H,31,37)/t12-,18?,21-/m0/s1. The Bertz CT molecular complexity index is 1420. The monoisotopic (exact) mass is 540 g/mol. The third-order valence-corrected chi connectivity index (χ3v) is 6.84. The van der Waals surface area contributed by atoms with Gasteiger partial charge in [0.1, 0.15) is 35.2 Å². The van der Waals surface area contributed by atoms with E-state index in [0.717, 1.165) is 16.8 Å². The zero-order valence-electron chi connectivity index (χ0n) is 19.0. The second-order valence-electron chi connectivity index (χ2n) is 9.21. The largest absolute Gasteiger partial charge is 0.408 e. The Morgan fingerprint density at radius 3 is 2.51 bits per heavy atom. The molecule has 37 heavy (non-hydrogen) atoms. The Kier molecular flexibility index (Phi) is 6.37. The van der Waals surface area contributed by atoms with Crippen molar-refractivity contribution in [1.29, 1.82) is 0 Å². The smallest absolute Gasteiger partial charge is 0.391 e. The van der Waals surface area contributed by atoms with Gasteiger partial charge in [0.15, 0.2) is 5.65 Å². The Balaban J connectivity index is 1.68. The van der Waals surface area contributed by atoms with Crippen LogP contribution in [-0.4, -0.2) is 56.8 Å². The molecule has 8 nitrogen and oxygen atoms in total. The summed E-state index contributed by atoms with van der Waals surface area (Å²) in [5, 5.41) is 21.8. The number of carbonyl (C=O) groups excluding carboxylic acids is 1. The fraction of sp³-hybridized carbons (Fsp3) is 0.375. The van der Waals surface area contributed by atoms with Gasteiger partial charge < -0.3 is 20.4 Å². The summed E-state index contributed by atoms with van der Waals surface area (Å²) >= 11 is 6.24. The lowest BCUT2D eigenvalue weighted by atomic mass is 10.1. The van der Waals surface area contributed by atoms with Gasteiger partial charge in [0.05, 0.1) is 16.5 Å². The minimum Gasteiger partial charge on any atom is -0.391 e. The van der Waals surface area contributed by atoms with Crippen molar-refractivity contribution < 1.29 is 32.6 Å². The van der Waals surface area contributed by atoms with Crippen LogP contribution in [0.4, 0.5) is 23.4 Å². The molecule has 2 fully saturated rings. The van der Waals surface area contributed by atoms with Crippen LogP contribution in [0.25, 0.3) is 16.7 Å². The van der Waals surface area contributed by atoms with Gasteiger partial charge in [-0.3, -0.25) is 14.2 Å². The number of nitrogens with zero attached hydrogens (tertiary/aromatic N) is 3. The molecule has 2 aliphatic rings. The molecule has 1 saturated heterocycles. The first-order valence-corrected chi connectivity index (χ1v) is 11.8. The van der Waals surface area contributed by atoms with E-state index < -0.39 is 53.2 Å². The molecule has 0 bridgehead atoms. The fourth-order valence-electron chi connectivity index (χ4n) is 4.56. The maximum atomic E-state index is 14.9. The summed E-state index contributed by atoms with van der Waals surface area (Å²) in [6.07, 6.45) is -5.04. The van der Waals surface area contributed by atoms with Gasteiger partial charge >= 0.3 is 6.18 Å². The first-order chi connectivity index (χ1) is 17.5. The summed E-state index contributed by atoms with van der Waals surface area (Å²) in [5.41, 5.74) is -1.97. The van der Waals surface area contributed by atoms with Crippen molar-refractivity contribution in [3.05, 3.63) is 63.2 Å². The lowest BCUT2D eigenvalue weighted by Gasteiger charge is -2.23. The van der Waals surface area contributed by atoms with Crippen molar-refractivity contribution in [3.63, 3.8) is 0 Å². The average Bonchev–Trinajstić information content (AvgIpc) is 3.60. The van der Waals surface area contributed by atoms with Crippen LogP contribution in [0.3, 0.4) is 0 Å². The van der Waals surface area contributed by atoms with Crippen LogP contribution in [0.2, 0.25) is 5.02 Å². The van der Waals surface area contributed by atoms with Crippen LogP contribution in [0.1, 0.15) is 29.6 Å². The molecule has 1 amide bonds. The molecule has 2 aromatic heterocycles. The van der Waals surface area contributed by atoms with E-state index in [1.165, 1.54) is 29.2 Å². The van der Waals surface area contributed by atoms with Gasteiger partial charge in [-0.05, 0) is 43.0 Å². The second kappa shape index (κ2) is 9.26. The number of aromatic nitrogens is 2. The van der Waals surface area contributed by atoms with Gasteiger partial charge in [-0.2, -0.15) is 13.2 Å². The van der Waals surface area contributed by atoms with Gasteiger partial charge in [-0.15, -0.1) is 0 Å². The van der Waals surface area contributed by atoms with Gasteiger partial charge in [0.2, 0.25) is 5.43 Å². The molecule has 3 N–H and O–H groups in total. The third-order valence-electron chi connectivity index (χ3n) is 6.54. The number of fused-ring (bicyclic) bond motifs is 1. The normalized spacial score (nSPS) is 20.9. The predicted octanol–water partition coefficient (Wildman–Crippen LogP) is 3.14. The molecule has 1 unspecified atom stereocenters. The summed E-state index contributed by atoms with van der Waals surface area (Å²) < 4.78 is 56.6. The maximum absolute atomic E-state index is 14.9. The van der Waals surface area contributed by atoms with Crippen molar-refractivity contribution in [1.82, 2.24) is 14.9 Å². The Labute approximate surface area is 212 Å². The number of alkyl halides is 3. The van der Waals surface area contributed by atoms with Gasteiger partial charge in [0.25, 0.3) is 5.91 Å².